The molecule has 0 radical (unpaired) electrons. The molecular weight excluding hydrogens is 961 g/mol. The number of carbonyl (C=O) groups excluding carboxylic acids is 11. The fourth-order valence-corrected chi connectivity index (χ4v) is 9.19. The molecule has 0 bridgehead atoms. The molecule has 3 saturated heterocycles. The summed E-state index contributed by atoms with van der Waals surface area (Å²) in [5, 5.41) is 13.1. The molecule has 3 aliphatic rings. The van der Waals surface area contributed by atoms with Crippen LogP contribution < -0.4 is 32.3 Å². The fourth-order valence-electron chi connectivity index (χ4n) is 9.19. The Labute approximate surface area is 433 Å². The minimum atomic E-state index is -1.48. The van der Waals surface area contributed by atoms with Crippen LogP contribution in [0, 0.1) is 11.8 Å². The van der Waals surface area contributed by atoms with Crippen molar-refractivity contribution in [2.45, 2.75) is 122 Å². The second kappa shape index (κ2) is 28.6. The second-order valence-corrected chi connectivity index (χ2v) is 19.5. The molecule has 74 heavy (non-hydrogen) atoms. The first kappa shape index (κ1) is 59.7. The summed E-state index contributed by atoms with van der Waals surface area (Å²) in [7, 11) is 5.53. The van der Waals surface area contributed by atoms with Crippen molar-refractivity contribution in [3.05, 3.63) is 35.9 Å². The van der Waals surface area contributed by atoms with Crippen molar-refractivity contribution in [2.75, 3.05) is 80.5 Å². The van der Waals surface area contributed by atoms with Crippen molar-refractivity contribution in [1.82, 2.24) is 56.0 Å². The molecule has 0 aliphatic carbocycles. The van der Waals surface area contributed by atoms with Gasteiger partial charge in [-0.05, 0) is 55.9 Å². The van der Waals surface area contributed by atoms with E-state index in [9.17, 15) is 52.7 Å². The van der Waals surface area contributed by atoms with Gasteiger partial charge in [0.05, 0.1) is 26.2 Å². The van der Waals surface area contributed by atoms with Gasteiger partial charge in [-0.3, -0.25) is 47.9 Å². The maximum atomic E-state index is 14.5. The molecule has 24 heteroatoms. The summed E-state index contributed by atoms with van der Waals surface area (Å²) in [4.78, 5) is 159. The van der Waals surface area contributed by atoms with Gasteiger partial charge in [0, 0.05) is 54.4 Å². The number of likely N-dealkylation sites (N-methyl/N-ethyl adjacent to an activating group) is 4. The van der Waals surface area contributed by atoms with Gasteiger partial charge < -0.3 is 66.5 Å². The summed E-state index contributed by atoms with van der Waals surface area (Å²) in [6, 6.07) is 1.79. The highest BCUT2D eigenvalue weighted by Gasteiger charge is 2.40. The standard InChI is InChI=1S/C50H78N12O12/c1-9-31(3)42-46(69)52-24-34(51)48(71)61-22-16-14-20-36(61)44(67)54-26-38(63)58(6)29-41(66)60(8)43(32(4)10-2)47(70)53-25-35(56-50(73)74-30-33-18-12-11-13-19-33)49(72)62-23-17-15-21-37(62)45(68)55-27-39(64)57(5)28-40(65)59(42)7/h11-13,18-19,31-32,34-37,42-43H,9-10,14-17,20-30,51H2,1-8H3,(H,52,69)(H,53,70)(H,54,67)(H,55,68)(H,56,73)/t31-,32-,34+,35+,36-,37-,42-,43-/m0/s1. The number of nitrogens with one attached hydrogen (secondary N) is 5. The van der Waals surface area contributed by atoms with Crippen molar-refractivity contribution in [2.24, 2.45) is 17.6 Å². The smallest absolute Gasteiger partial charge is 0.408 e. The lowest BCUT2D eigenvalue weighted by Crippen LogP contribution is -2.61. The van der Waals surface area contributed by atoms with Crippen molar-refractivity contribution in [3.63, 3.8) is 0 Å². The predicted molar refractivity (Wildman–Crippen MR) is 270 cm³/mol. The molecule has 0 spiro atoms. The molecule has 1 aromatic carbocycles. The van der Waals surface area contributed by atoms with Crippen LogP contribution in [0.1, 0.15) is 84.6 Å². The Hall–Kier alpha value is -6.85. The fraction of sp³-hybridized carbons (Fsp3) is 0.660. The van der Waals surface area contributed by atoms with Gasteiger partial charge in [0.15, 0.2) is 0 Å². The van der Waals surface area contributed by atoms with Crippen LogP contribution in [-0.2, 0) is 59.3 Å². The molecule has 7 N–H and O–H groups in total. The number of ether oxygens (including phenoxy) is 1. The van der Waals surface area contributed by atoms with Crippen molar-refractivity contribution in [3.8, 4) is 0 Å². The third-order valence-corrected chi connectivity index (χ3v) is 14.2. The van der Waals surface area contributed by atoms with E-state index in [4.69, 9.17) is 10.5 Å². The number of fused-ring (bicyclic) bond motifs is 2. The van der Waals surface area contributed by atoms with Crippen molar-refractivity contribution >= 4 is 65.2 Å². The minimum Gasteiger partial charge on any atom is -0.445 e. The number of benzene rings is 1. The van der Waals surface area contributed by atoms with E-state index in [1.165, 1.54) is 47.8 Å². The highest BCUT2D eigenvalue weighted by molar-refractivity contribution is 5.96. The zero-order chi connectivity index (χ0) is 54.8. The first-order valence-corrected chi connectivity index (χ1v) is 25.5. The van der Waals surface area contributed by atoms with Crippen LogP contribution in [-0.4, -0.2) is 211 Å². The first-order valence-electron chi connectivity index (χ1n) is 25.5. The number of amides is 11. The summed E-state index contributed by atoms with van der Waals surface area (Å²) in [5.41, 5.74) is 7.00. The molecule has 1 aromatic rings. The third-order valence-electron chi connectivity index (χ3n) is 14.2. The molecule has 410 valence electrons. The Balaban J connectivity index is 1.65. The van der Waals surface area contributed by atoms with E-state index in [0.29, 0.717) is 44.1 Å². The van der Waals surface area contributed by atoms with E-state index in [2.05, 4.69) is 26.6 Å². The van der Waals surface area contributed by atoms with Gasteiger partial charge in [0.25, 0.3) is 0 Å². The minimum absolute atomic E-state index is 0.0889. The number of hydrogen-bond donors (Lipinski definition) is 6. The molecule has 3 heterocycles. The normalized spacial score (nSPS) is 25.8. The topological polar surface area (TPSA) is 303 Å². The van der Waals surface area contributed by atoms with E-state index in [0.717, 1.165) is 9.80 Å². The largest absolute Gasteiger partial charge is 0.445 e. The van der Waals surface area contributed by atoms with Crippen LogP contribution in [0.5, 0.6) is 0 Å². The molecular formula is C50H78N12O12. The lowest BCUT2D eigenvalue weighted by Gasteiger charge is -2.37. The van der Waals surface area contributed by atoms with Gasteiger partial charge in [-0.2, -0.15) is 0 Å². The number of nitrogens with two attached hydrogens (primary N) is 1. The summed E-state index contributed by atoms with van der Waals surface area (Å²) < 4.78 is 5.43. The zero-order valence-electron chi connectivity index (χ0n) is 44.2. The van der Waals surface area contributed by atoms with Crippen molar-refractivity contribution < 1.29 is 57.5 Å². The lowest BCUT2D eigenvalue weighted by molar-refractivity contribution is -0.146. The Kier molecular flexibility index (Phi) is 23.0. The molecule has 0 aromatic heterocycles. The Morgan fingerprint density at radius 3 is 1.53 bits per heavy atom. The molecule has 11 amide bonds. The molecule has 3 fully saturated rings. The maximum absolute atomic E-state index is 14.5. The van der Waals surface area contributed by atoms with Gasteiger partial charge >= 0.3 is 6.09 Å². The SMILES string of the molecule is CC[C@H](C)[C@H]1C(=O)NC[C@@H](NC(=O)OCc2ccccc2)C(=O)N2CCCC[C@H]2C(=O)NCC(=O)N(C)CC(=O)N(C)[C@@H]([C@@H](C)CC)C(=O)NC[C@@H](N)C(=O)N2CCCC[C@H]2C(=O)NCC(=O)N(C)CC(=O)N1C. The van der Waals surface area contributed by atoms with E-state index < -0.39 is 140 Å². The number of hydrogen-bond acceptors (Lipinski definition) is 13. The Bertz CT molecular complexity index is 2180. The van der Waals surface area contributed by atoms with Gasteiger partial charge in [0.1, 0.15) is 42.9 Å². The van der Waals surface area contributed by atoms with Gasteiger partial charge in [0.2, 0.25) is 59.1 Å². The van der Waals surface area contributed by atoms with Gasteiger partial charge in [-0.15, -0.1) is 0 Å². The quantitative estimate of drug-likeness (QED) is 0.182. The van der Waals surface area contributed by atoms with Crippen LogP contribution in [0.3, 0.4) is 0 Å². The van der Waals surface area contributed by atoms with Crippen LogP contribution in [0.2, 0.25) is 0 Å². The van der Waals surface area contributed by atoms with E-state index in [-0.39, 0.29) is 45.0 Å². The Morgan fingerprint density at radius 1 is 0.622 bits per heavy atom. The average Bonchev–Trinajstić information content (AvgIpc) is 3.40. The lowest BCUT2D eigenvalue weighted by atomic mass is 9.96. The number of alkyl carbamates (subject to hydrolysis) is 1. The zero-order valence-corrected chi connectivity index (χ0v) is 44.2. The maximum Gasteiger partial charge on any atom is 0.408 e. The molecule has 24 nitrogen and oxygen atoms in total. The first-order chi connectivity index (χ1) is 35.1. The summed E-state index contributed by atoms with van der Waals surface area (Å²) in [6.45, 7) is 4.44. The molecule has 3 aliphatic heterocycles. The average molecular weight is 1040 g/mol. The van der Waals surface area contributed by atoms with Crippen LogP contribution in [0.4, 0.5) is 4.79 Å². The third kappa shape index (κ3) is 16.3. The number of piperidine rings is 2. The van der Waals surface area contributed by atoms with E-state index in [1.54, 1.807) is 44.2 Å². The highest BCUT2D eigenvalue weighted by Crippen LogP contribution is 2.21. The van der Waals surface area contributed by atoms with Crippen LogP contribution in [0.25, 0.3) is 0 Å². The van der Waals surface area contributed by atoms with Gasteiger partial charge in [-0.1, -0.05) is 70.9 Å². The molecule has 4 rings (SSSR count). The Morgan fingerprint density at radius 2 is 1.07 bits per heavy atom. The van der Waals surface area contributed by atoms with Crippen LogP contribution >= 0.6 is 0 Å². The van der Waals surface area contributed by atoms with Crippen molar-refractivity contribution in [1.29, 1.82) is 0 Å². The monoisotopic (exact) mass is 1040 g/mol. The van der Waals surface area contributed by atoms with Gasteiger partial charge in [-0.25, -0.2) is 4.79 Å². The highest BCUT2D eigenvalue weighted by atomic mass is 16.5. The summed E-state index contributed by atoms with van der Waals surface area (Å²) in [6.07, 6.45) is 2.61. The number of rotatable bonds is 7. The van der Waals surface area contributed by atoms with Crippen LogP contribution in [0.15, 0.2) is 30.3 Å². The number of carbonyl (C=O) groups is 11. The predicted octanol–water partition coefficient (Wildman–Crippen LogP) is -1.49. The number of nitrogens with zero attached hydrogens (tertiary/aromatic N) is 6. The summed E-state index contributed by atoms with van der Waals surface area (Å²) in [5.74, 6) is -7.27. The molecule has 8 atom stereocenters. The second-order valence-electron chi connectivity index (χ2n) is 19.5. The molecule has 0 unspecified atom stereocenters. The van der Waals surface area contributed by atoms with E-state index >= 15 is 0 Å². The summed E-state index contributed by atoms with van der Waals surface area (Å²) >= 11 is 0. The molecule has 0 saturated carbocycles. The van der Waals surface area contributed by atoms with E-state index in [1.807, 2.05) is 13.8 Å².